The summed E-state index contributed by atoms with van der Waals surface area (Å²) in [5.74, 6) is 0. The number of aromatic nitrogens is 1. The number of benzene rings is 1. The minimum Gasteiger partial charge on any atom is -0.356 e. The molecule has 3 heteroatoms. The molecule has 0 aliphatic carbocycles. The lowest BCUT2D eigenvalue weighted by atomic mass is 10.1. The summed E-state index contributed by atoms with van der Waals surface area (Å²) in [5, 5.41) is 5.48. The predicted octanol–water partition coefficient (Wildman–Crippen LogP) is 4.49. The van der Waals surface area contributed by atoms with Crippen molar-refractivity contribution >= 4 is 22.5 Å². The van der Waals surface area contributed by atoms with E-state index in [0.29, 0.717) is 6.04 Å². The molecule has 0 spiro atoms. The van der Waals surface area contributed by atoms with E-state index < -0.39 is 0 Å². The predicted molar refractivity (Wildman–Crippen MR) is 79.1 cm³/mol. The van der Waals surface area contributed by atoms with Gasteiger partial charge < -0.3 is 10.3 Å². The number of H-pyrrole nitrogens is 1. The third-order valence-electron chi connectivity index (χ3n) is 3.33. The summed E-state index contributed by atoms with van der Waals surface area (Å²) in [4.78, 5) is 3.38. The number of unbranched alkanes of at least 4 members (excludes halogenated alkanes) is 1. The molecule has 0 bridgehead atoms. The summed E-state index contributed by atoms with van der Waals surface area (Å²) < 4.78 is 0. The second kappa shape index (κ2) is 6.26. The van der Waals surface area contributed by atoms with E-state index in [4.69, 9.17) is 11.6 Å². The molecule has 1 unspecified atom stereocenters. The number of para-hydroxylation sites is 1. The molecule has 0 aliphatic rings. The highest BCUT2D eigenvalue weighted by molar-refractivity contribution is 6.36. The first-order valence-corrected chi connectivity index (χ1v) is 7.08. The van der Waals surface area contributed by atoms with Crippen molar-refractivity contribution in [1.82, 2.24) is 10.3 Å². The Bertz CT molecular complexity index is 504. The van der Waals surface area contributed by atoms with Crippen molar-refractivity contribution in [2.45, 2.75) is 45.7 Å². The van der Waals surface area contributed by atoms with Gasteiger partial charge in [0.2, 0.25) is 0 Å². The summed E-state index contributed by atoms with van der Waals surface area (Å²) in [6.45, 7) is 5.26. The largest absolute Gasteiger partial charge is 0.356 e. The quantitative estimate of drug-likeness (QED) is 0.791. The van der Waals surface area contributed by atoms with Crippen LogP contribution in [0.4, 0.5) is 0 Å². The summed E-state index contributed by atoms with van der Waals surface area (Å²) in [6, 6.07) is 8.69. The van der Waals surface area contributed by atoms with Crippen molar-refractivity contribution in [3.63, 3.8) is 0 Å². The molecule has 0 aliphatic heterocycles. The van der Waals surface area contributed by atoms with E-state index in [1.165, 1.54) is 19.3 Å². The molecule has 2 rings (SSSR count). The van der Waals surface area contributed by atoms with Crippen LogP contribution >= 0.6 is 11.6 Å². The molecule has 98 valence electrons. The second-order valence-corrected chi connectivity index (χ2v) is 5.27. The van der Waals surface area contributed by atoms with Gasteiger partial charge in [0, 0.05) is 29.2 Å². The topological polar surface area (TPSA) is 27.8 Å². The van der Waals surface area contributed by atoms with E-state index in [9.17, 15) is 0 Å². The van der Waals surface area contributed by atoms with Crippen LogP contribution in [0.5, 0.6) is 0 Å². The molecular formula is C15H21ClN2. The average Bonchev–Trinajstić information content (AvgIpc) is 2.71. The zero-order chi connectivity index (χ0) is 13.0. The maximum Gasteiger partial charge on any atom is 0.0705 e. The summed E-state index contributed by atoms with van der Waals surface area (Å²) in [7, 11) is 0. The molecule has 2 N–H and O–H groups in total. The van der Waals surface area contributed by atoms with E-state index in [-0.39, 0.29) is 0 Å². The van der Waals surface area contributed by atoms with Crippen molar-refractivity contribution in [2.24, 2.45) is 0 Å². The Morgan fingerprint density at radius 2 is 2.11 bits per heavy atom. The molecule has 1 aromatic carbocycles. The third kappa shape index (κ3) is 3.06. The Kier molecular flexibility index (Phi) is 4.67. The van der Waals surface area contributed by atoms with Crippen LogP contribution in [0.1, 0.15) is 38.8 Å². The number of rotatable bonds is 6. The monoisotopic (exact) mass is 264 g/mol. The van der Waals surface area contributed by atoms with Crippen molar-refractivity contribution in [2.75, 3.05) is 0 Å². The van der Waals surface area contributed by atoms with E-state index in [2.05, 4.69) is 36.3 Å². The summed E-state index contributed by atoms with van der Waals surface area (Å²) in [6.07, 6.45) is 3.74. The molecule has 0 saturated heterocycles. The molecule has 2 nitrogen and oxygen atoms in total. The Morgan fingerprint density at radius 1 is 1.33 bits per heavy atom. The first-order valence-electron chi connectivity index (χ1n) is 6.70. The molecule has 1 aromatic heterocycles. The van der Waals surface area contributed by atoms with Gasteiger partial charge in [-0.3, -0.25) is 0 Å². The molecule has 1 heterocycles. The third-order valence-corrected chi connectivity index (χ3v) is 3.76. The van der Waals surface area contributed by atoms with E-state index in [1.54, 1.807) is 0 Å². The lowest BCUT2D eigenvalue weighted by molar-refractivity contribution is 0.492. The molecule has 1 atom stereocenters. The number of hydrogen-bond donors (Lipinski definition) is 2. The van der Waals surface area contributed by atoms with Gasteiger partial charge in [0.15, 0.2) is 0 Å². The Balaban J connectivity index is 2.01. The Labute approximate surface area is 114 Å². The fourth-order valence-electron chi connectivity index (χ4n) is 2.17. The molecular weight excluding hydrogens is 244 g/mol. The summed E-state index contributed by atoms with van der Waals surface area (Å²) in [5.41, 5.74) is 2.20. The van der Waals surface area contributed by atoms with Crippen LogP contribution in [0.3, 0.4) is 0 Å². The molecule has 0 radical (unpaired) electrons. The first-order chi connectivity index (χ1) is 8.72. The maximum atomic E-state index is 6.37. The molecule has 0 fully saturated rings. The van der Waals surface area contributed by atoms with Gasteiger partial charge in [0.25, 0.3) is 0 Å². The minimum absolute atomic E-state index is 0.535. The minimum atomic E-state index is 0.535. The van der Waals surface area contributed by atoms with E-state index >= 15 is 0 Å². The van der Waals surface area contributed by atoms with Crippen LogP contribution < -0.4 is 5.32 Å². The van der Waals surface area contributed by atoms with Crippen molar-refractivity contribution in [3.05, 3.63) is 35.0 Å². The highest BCUT2D eigenvalue weighted by Gasteiger charge is 2.09. The normalized spacial score (nSPS) is 13.1. The lowest BCUT2D eigenvalue weighted by Gasteiger charge is -2.12. The first kappa shape index (κ1) is 13.4. The fraction of sp³-hybridized carbons (Fsp3) is 0.467. The standard InChI is InChI=1S/C15H21ClN2/c1-3-4-7-11(2)17-10-14-15(16)12-8-5-6-9-13(12)18-14/h5-6,8-9,11,17-18H,3-4,7,10H2,1-2H3. The van der Waals surface area contributed by atoms with Gasteiger partial charge in [-0.1, -0.05) is 49.6 Å². The Morgan fingerprint density at radius 3 is 2.83 bits per heavy atom. The van der Waals surface area contributed by atoms with E-state index in [0.717, 1.165) is 28.2 Å². The van der Waals surface area contributed by atoms with Gasteiger partial charge in [0.05, 0.1) is 5.02 Å². The van der Waals surface area contributed by atoms with Crippen LogP contribution in [0.25, 0.3) is 10.9 Å². The SMILES string of the molecule is CCCCC(C)NCc1[nH]c2ccccc2c1Cl. The van der Waals surface area contributed by atoms with Crippen LogP contribution in [0.2, 0.25) is 5.02 Å². The molecule has 0 amide bonds. The highest BCUT2D eigenvalue weighted by atomic mass is 35.5. The van der Waals surface area contributed by atoms with Crippen molar-refractivity contribution in [3.8, 4) is 0 Å². The van der Waals surface area contributed by atoms with Crippen LogP contribution in [-0.4, -0.2) is 11.0 Å². The zero-order valence-corrected chi connectivity index (χ0v) is 11.8. The number of fused-ring (bicyclic) bond motifs is 1. The van der Waals surface area contributed by atoms with Gasteiger partial charge in [-0.25, -0.2) is 0 Å². The number of hydrogen-bond acceptors (Lipinski definition) is 1. The van der Waals surface area contributed by atoms with Crippen molar-refractivity contribution < 1.29 is 0 Å². The second-order valence-electron chi connectivity index (χ2n) is 4.89. The number of halogens is 1. The van der Waals surface area contributed by atoms with Gasteiger partial charge in [-0.2, -0.15) is 0 Å². The van der Waals surface area contributed by atoms with Gasteiger partial charge in [-0.15, -0.1) is 0 Å². The molecule has 18 heavy (non-hydrogen) atoms. The zero-order valence-electron chi connectivity index (χ0n) is 11.1. The molecule has 0 saturated carbocycles. The van der Waals surface area contributed by atoms with Crippen LogP contribution in [0.15, 0.2) is 24.3 Å². The summed E-state index contributed by atoms with van der Waals surface area (Å²) >= 11 is 6.37. The Hall–Kier alpha value is -0.990. The highest BCUT2D eigenvalue weighted by Crippen LogP contribution is 2.27. The van der Waals surface area contributed by atoms with E-state index in [1.807, 2.05) is 12.1 Å². The van der Waals surface area contributed by atoms with Gasteiger partial charge in [0.1, 0.15) is 0 Å². The average molecular weight is 265 g/mol. The fourth-order valence-corrected chi connectivity index (χ4v) is 2.45. The number of nitrogens with one attached hydrogen (secondary N) is 2. The van der Waals surface area contributed by atoms with Gasteiger partial charge in [-0.05, 0) is 19.4 Å². The number of aromatic amines is 1. The molecule has 2 aromatic rings. The van der Waals surface area contributed by atoms with Crippen molar-refractivity contribution in [1.29, 1.82) is 0 Å². The van der Waals surface area contributed by atoms with Crippen LogP contribution in [-0.2, 0) is 6.54 Å². The van der Waals surface area contributed by atoms with Gasteiger partial charge >= 0.3 is 0 Å². The lowest BCUT2D eigenvalue weighted by Crippen LogP contribution is -2.25. The maximum absolute atomic E-state index is 6.37. The van der Waals surface area contributed by atoms with Crippen LogP contribution in [0, 0.1) is 0 Å². The smallest absolute Gasteiger partial charge is 0.0705 e.